The van der Waals surface area contributed by atoms with Crippen LogP contribution in [0.5, 0.6) is 0 Å². The third-order valence-corrected chi connectivity index (χ3v) is 4.73. The van der Waals surface area contributed by atoms with Crippen LogP contribution < -0.4 is 4.90 Å². The highest BCUT2D eigenvalue weighted by Gasteiger charge is 2.42. The summed E-state index contributed by atoms with van der Waals surface area (Å²) < 4.78 is 18.4. The Kier molecular flexibility index (Phi) is 3.81. The van der Waals surface area contributed by atoms with E-state index in [-0.39, 0.29) is 30.7 Å². The van der Waals surface area contributed by atoms with Gasteiger partial charge in [-0.3, -0.25) is 9.69 Å². The molecule has 2 aliphatic heterocycles. The largest absolute Gasteiger partial charge is 0.456 e. The van der Waals surface area contributed by atoms with Gasteiger partial charge in [0.1, 0.15) is 12.4 Å². The molecule has 2 aromatic carbocycles. The van der Waals surface area contributed by atoms with Gasteiger partial charge < -0.3 is 4.74 Å². The zero-order valence-electron chi connectivity index (χ0n) is 13.0. The first-order valence-electron chi connectivity index (χ1n) is 7.79. The summed E-state index contributed by atoms with van der Waals surface area (Å²) in [5.41, 5.74) is 2.36. The average molecular weight is 358 g/mol. The number of halogens is 2. The maximum atomic E-state index is 13.2. The van der Waals surface area contributed by atoms with Crippen molar-refractivity contribution in [1.29, 1.82) is 0 Å². The van der Waals surface area contributed by atoms with Gasteiger partial charge in [0.2, 0.25) is 5.91 Å². The number of hydrogen-bond donors (Lipinski definition) is 0. The van der Waals surface area contributed by atoms with Crippen molar-refractivity contribution in [2.45, 2.75) is 12.3 Å². The summed E-state index contributed by atoms with van der Waals surface area (Å²) in [6, 6.07) is 12.7. The fourth-order valence-electron chi connectivity index (χ4n) is 3.32. The van der Waals surface area contributed by atoms with Gasteiger partial charge in [-0.05, 0) is 42.0 Å². The van der Waals surface area contributed by atoms with Crippen molar-refractivity contribution < 1.29 is 18.7 Å². The van der Waals surface area contributed by atoms with Gasteiger partial charge in [0.05, 0.1) is 11.3 Å². The van der Waals surface area contributed by atoms with Gasteiger partial charge in [-0.2, -0.15) is 0 Å². The molecular formula is C19H13ClFNO3. The van der Waals surface area contributed by atoms with E-state index in [1.807, 2.05) is 12.1 Å². The van der Waals surface area contributed by atoms with E-state index >= 15 is 0 Å². The minimum atomic E-state index is -0.422. The van der Waals surface area contributed by atoms with Crippen LogP contribution >= 0.6 is 11.6 Å². The zero-order valence-corrected chi connectivity index (χ0v) is 13.8. The van der Waals surface area contributed by atoms with Crippen molar-refractivity contribution in [3.8, 4) is 0 Å². The monoisotopic (exact) mass is 357 g/mol. The van der Waals surface area contributed by atoms with Crippen LogP contribution in [0, 0.1) is 5.82 Å². The number of amides is 1. The summed E-state index contributed by atoms with van der Waals surface area (Å²) in [6.45, 7) is 0.0291. The number of esters is 1. The lowest BCUT2D eigenvalue weighted by Crippen LogP contribution is -2.37. The highest BCUT2D eigenvalue weighted by Crippen LogP contribution is 2.41. The quantitative estimate of drug-likeness (QED) is 0.768. The number of anilines is 1. The van der Waals surface area contributed by atoms with Crippen molar-refractivity contribution >= 4 is 29.2 Å². The molecule has 0 spiro atoms. The zero-order chi connectivity index (χ0) is 17.6. The summed E-state index contributed by atoms with van der Waals surface area (Å²) in [4.78, 5) is 26.5. The highest BCUT2D eigenvalue weighted by atomic mass is 35.5. The topological polar surface area (TPSA) is 46.6 Å². The molecule has 1 amide bonds. The molecule has 0 aliphatic carbocycles. The molecule has 2 aromatic rings. The van der Waals surface area contributed by atoms with E-state index in [0.29, 0.717) is 22.0 Å². The molecule has 1 atom stereocenters. The Labute approximate surface area is 148 Å². The molecule has 0 radical (unpaired) electrons. The Morgan fingerprint density at radius 1 is 1.04 bits per heavy atom. The fraction of sp³-hybridized carbons (Fsp3) is 0.158. The van der Waals surface area contributed by atoms with Gasteiger partial charge in [-0.1, -0.05) is 23.7 Å². The second kappa shape index (κ2) is 6.01. The van der Waals surface area contributed by atoms with E-state index in [1.165, 1.54) is 29.2 Å². The maximum absolute atomic E-state index is 13.2. The molecule has 0 saturated carbocycles. The van der Waals surface area contributed by atoms with Crippen LogP contribution in [0.3, 0.4) is 0 Å². The molecule has 6 heteroatoms. The van der Waals surface area contributed by atoms with Crippen LogP contribution in [0.25, 0.3) is 0 Å². The van der Waals surface area contributed by atoms with Crippen LogP contribution in [0.4, 0.5) is 10.1 Å². The molecule has 0 saturated heterocycles. The van der Waals surface area contributed by atoms with Gasteiger partial charge >= 0.3 is 5.97 Å². The maximum Gasteiger partial charge on any atom is 0.336 e. The highest BCUT2D eigenvalue weighted by molar-refractivity contribution is 6.30. The Morgan fingerprint density at radius 2 is 1.72 bits per heavy atom. The summed E-state index contributed by atoms with van der Waals surface area (Å²) in [5.74, 6) is -1.34. The van der Waals surface area contributed by atoms with Crippen LogP contribution in [0.2, 0.25) is 5.02 Å². The lowest BCUT2D eigenvalue weighted by molar-refractivity contribution is -0.136. The predicted molar refractivity (Wildman–Crippen MR) is 90.7 cm³/mol. The van der Waals surface area contributed by atoms with E-state index in [2.05, 4.69) is 0 Å². The average Bonchev–Trinajstić information content (AvgIpc) is 2.98. The Hall–Kier alpha value is -2.66. The normalized spacial score (nSPS) is 19.9. The summed E-state index contributed by atoms with van der Waals surface area (Å²) in [7, 11) is 0. The molecule has 0 N–H and O–H groups in total. The van der Waals surface area contributed by atoms with Crippen molar-refractivity contribution in [2.24, 2.45) is 0 Å². The van der Waals surface area contributed by atoms with E-state index < -0.39 is 5.97 Å². The first-order chi connectivity index (χ1) is 12.0. The number of carbonyl (C=O) groups excluding carboxylic acids is 2. The Bertz CT molecular complexity index is 890. The fourth-order valence-corrected chi connectivity index (χ4v) is 3.45. The molecule has 0 bridgehead atoms. The van der Waals surface area contributed by atoms with E-state index in [1.54, 1.807) is 12.1 Å². The lowest BCUT2D eigenvalue weighted by atomic mass is 9.84. The number of rotatable bonds is 2. The number of nitrogens with zero attached hydrogens (tertiary/aromatic N) is 1. The molecule has 4 nitrogen and oxygen atoms in total. The summed E-state index contributed by atoms with van der Waals surface area (Å²) in [6.07, 6.45) is 0.132. The van der Waals surface area contributed by atoms with Gasteiger partial charge in [0.25, 0.3) is 0 Å². The minimum absolute atomic E-state index is 0.0291. The van der Waals surface area contributed by atoms with Crippen LogP contribution in [0.1, 0.15) is 17.9 Å². The number of cyclic esters (lactones) is 1. The number of carbonyl (C=O) groups is 2. The second-order valence-electron chi connectivity index (χ2n) is 5.95. The molecule has 25 heavy (non-hydrogen) atoms. The molecule has 2 aliphatic rings. The minimum Gasteiger partial charge on any atom is -0.456 e. The molecule has 0 aromatic heterocycles. The van der Waals surface area contributed by atoms with Crippen molar-refractivity contribution in [3.05, 3.63) is 76.2 Å². The van der Waals surface area contributed by atoms with Crippen molar-refractivity contribution in [2.75, 3.05) is 11.5 Å². The SMILES string of the molecule is O=C1OCC2=C1[C@H](c1ccc(Cl)cc1)CC(=O)N2c1ccc(F)cc1. The second-order valence-corrected chi connectivity index (χ2v) is 6.39. The third-order valence-electron chi connectivity index (χ3n) is 4.47. The smallest absolute Gasteiger partial charge is 0.336 e. The van der Waals surface area contributed by atoms with Crippen LogP contribution in [-0.4, -0.2) is 18.5 Å². The molecule has 0 fully saturated rings. The van der Waals surface area contributed by atoms with Gasteiger partial charge in [-0.15, -0.1) is 0 Å². The van der Waals surface area contributed by atoms with E-state index in [4.69, 9.17) is 16.3 Å². The first kappa shape index (κ1) is 15.8. The Morgan fingerprint density at radius 3 is 2.40 bits per heavy atom. The van der Waals surface area contributed by atoms with Crippen molar-refractivity contribution in [3.63, 3.8) is 0 Å². The third kappa shape index (κ3) is 2.70. The van der Waals surface area contributed by atoms with Crippen molar-refractivity contribution in [1.82, 2.24) is 0 Å². The molecule has 4 rings (SSSR count). The lowest BCUT2D eigenvalue weighted by Gasteiger charge is -2.31. The number of ether oxygens (including phenoxy) is 1. The summed E-state index contributed by atoms with van der Waals surface area (Å²) >= 11 is 5.93. The Balaban J connectivity index is 1.81. The molecular weight excluding hydrogens is 345 g/mol. The molecule has 2 heterocycles. The van der Waals surface area contributed by atoms with Gasteiger partial charge in [0, 0.05) is 23.0 Å². The van der Waals surface area contributed by atoms with Gasteiger partial charge in [0.15, 0.2) is 0 Å². The summed E-state index contributed by atoms with van der Waals surface area (Å²) in [5, 5.41) is 0.585. The number of hydrogen-bond acceptors (Lipinski definition) is 3. The standard InChI is InChI=1S/C19H13ClFNO3/c20-12-3-1-11(2-4-12)15-9-17(23)22(14-7-5-13(21)6-8-14)16-10-25-19(24)18(15)16/h1-8,15H,9-10H2/t15-/m0/s1. The number of benzene rings is 2. The first-order valence-corrected chi connectivity index (χ1v) is 8.16. The van der Waals surface area contributed by atoms with Crippen LogP contribution in [0.15, 0.2) is 59.8 Å². The predicted octanol–water partition coefficient (Wildman–Crippen LogP) is 3.81. The van der Waals surface area contributed by atoms with E-state index in [9.17, 15) is 14.0 Å². The van der Waals surface area contributed by atoms with Crippen LogP contribution in [-0.2, 0) is 14.3 Å². The van der Waals surface area contributed by atoms with E-state index in [0.717, 1.165) is 5.56 Å². The van der Waals surface area contributed by atoms with Gasteiger partial charge in [-0.25, -0.2) is 9.18 Å². The molecule has 0 unspecified atom stereocenters. The molecule has 126 valence electrons.